The van der Waals surface area contributed by atoms with Gasteiger partial charge >= 0.3 is 0 Å². The highest BCUT2D eigenvalue weighted by atomic mass is 15.0. The minimum Gasteiger partial charge on any atom is -0.208 e. The summed E-state index contributed by atoms with van der Waals surface area (Å²) in [5.74, 6) is 1.86. The molecule has 60 heavy (non-hydrogen) atoms. The van der Waals surface area contributed by atoms with Crippen molar-refractivity contribution in [1.82, 2.24) is 15.0 Å². The van der Waals surface area contributed by atoms with Gasteiger partial charge in [-0.2, -0.15) is 0 Å². The van der Waals surface area contributed by atoms with Crippen LogP contribution in [0.3, 0.4) is 0 Å². The molecule has 0 unspecified atom stereocenters. The topological polar surface area (TPSA) is 38.7 Å². The van der Waals surface area contributed by atoms with E-state index in [4.69, 9.17) is 15.0 Å². The molecule has 0 N–H and O–H groups in total. The number of nitrogens with zero attached hydrogens (tertiary/aromatic N) is 3. The van der Waals surface area contributed by atoms with E-state index in [9.17, 15) is 0 Å². The molecule has 0 spiro atoms. The predicted octanol–water partition coefficient (Wildman–Crippen LogP) is 14.9. The third kappa shape index (κ3) is 7.80. The van der Waals surface area contributed by atoms with Gasteiger partial charge in [0.1, 0.15) is 0 Å². The van der Waals surface area contributed by atoms with Crippen LogP contribution < -0.4 is 0 Å². The van der Waals surface area contributed by atoms with Gasteiger partial charge in [-0.1, -0.05) is 218 Å². The van der Waals surface area contributed by atoms with Gasteiger partial charge in [-0.25, -0.2) is 15.0 Å². The molecule has 3 heteroatoms. The molecule has 0 bridgehead atoms. The molecule has 282 valence electrons. The number of hydrogen-bond donors (Lipinski definition) is 0. The molecule has 0 amide bonds. The smallest absolute Gasteiger partial charge is 0.164 e. The third-order valence-electron chi connectivity index (χ3n) is 11.0. The molecule has 1 aromatic heterocycles. The van der Waals surface area contributed by atoms with Crippen molar-refractivity contribution in [2.75, 3.05) is 0 Å². The first-order valence-corrected chi connectivity index (χ1v) is 20.3. The maximum Gasteiger partial charge on any atom is 0.164 e. The third-order valence-corrected chi connectivity index (χ3v) is 11.0. The molecule has 0 aliphatic carbocycles. The molecule has 10 rings (SSSR count). The minimum absolute atomic E-state index is 0.614. The van der Waals surface area contributed by atoms with E-state index in [2.05, 4.69) is 224 Å². The second-order valence-electron chi connectivity index (χ2n) is 14.9. The fourth-order valence-corrected chi connectivity index (χ4v) is 7.71. The van der Waals surface area contributed by atoms with Crippen LogP contribution in [0.2, 0.25) is 0 Å². The molecule has 3 nitrogen and oxygen atoms in total. The van der Waals surface area contributed by atoms with E-state index < -0.39 is 0 Å². The normalized spacial score (nSPS) is 11.0. The van der Waals surface area contributed by atoms with Crippen molar-refractivity contribution in [1.29, 1.82) is 0 Å². The van der Waals surface area contributed by atoms with Crippen LogP contribution in [0.25, 0.3) is 101 Å². The number of hydrogen-bond acceptors (Lipinski definition) is 3. The Kier molecular flexibility index (Phi) is 9.97. The molecule has 0 saturated heterocycles. The van der Waals surface area contributed by atoms with Gasteiger partial charge in [0.05, 0.1) is 0 Å². The highest BCUT2D eigenvalue weighted by Crippen LogP contribution is 2.35. The Labute approximate surface area is 351 Å². The maximum atomic E-state index is 5.20. The van der Waals surface area contributed by atoms with Crippen molar-refractivity contribution in [3.63, 3.8) is 0 Å². The highest BCUT2D eigenvalue weighted by Gasteiger charge is 2.16. The lowest BCUT2D eigenvalue weighted by Crippen LogP contribution is -2.00. The van der Waals surface area contributed by atoms with Gasteiger partial charge in [-0.05, 0) is 85.0 Å². The van der Waals surface area contributed by atoms with E-state index in [0.29, 0.717) is 17.5 Å². The lowest BCUT2D eigenvalue weighted by atomic mass is 9.94. The molecule has 0 fully saturated rings. The van der Waals surface area contributed by atoms with Crippen LogP contribution in [0, 0.1) is 0 Å². The summed E-state index contributed by atoms with van der Waals surface area (Å²) >= 11 is 0. The Hall–Kier alpha value is -8.01. The van der Waals surface area contributed by atoms with Crippen molar-refractivity contribution in [3.8, 4) is 101 Å². The van der Waals surface area contributed by atoms with Crippen LogP contribution in [0.15, 0.2) is 237 Å². The molecule has 0 radical (unpaired) electrons. The molecule has 0 aliphatic heterocycles. The van der Waals surface area contributed by atoms with Gasteiger partial charge < -0.3 is 0 Å². The lowest BCUT2D eigenvalue weighted by Gasteiger charge is -2.13. The first-order valence-electron chi connectivity index (χ1n) is 20.3. The largest absolute Gasteiger partial charge is 0.208 e. The standard InChI is InChI=1S/C57H39N3/c1-5-13-40(14-6-1)44-21-23-47(24-22-44)48-25-27-49(28-26-48)53-37-52(43-19-11-4-12-20-43)38-54(39-53)57-59-55(50-33-29-45(30-34-50)41-15-7-2-8-16-41)58-56(60-57)51-35-31-46(32-36-51)42-17-9-3-10-18-42/h1-39H. The van der Waals surface area contributed by atoms with Gasteiger partial charge in [-0.3, -0.25) is 0 Å². The predicted molar refractivity (Wildman–Crippen MR) is 249 cm³/mol. The zero-order chi connectivity index (χ0) is 40.1. The van der Waals surface area contributed by atoms with Crippen molar-refractivity contribution in [3.05, 3.63) is 237 Å². The van der Waals surface area contributed by atoms with Crippen LogP contribution in [-0.2, 0) is 0 Å². The molecule has 0 saturated carbocycles. The molecule has 10 aromatic rings. The first kappa shape index (κ1) is 36.3. The van der Waals surface area contributed by atoms with Crippen LogP contribution >= 0.6 is 0 Å². The summed E-state index contributed by atoms with van der Waals surface area (Å²) in [6.07, 6.45) is 0. The molecule has 9 aromatic carbocycles. The molecule has 0 aliphatic rings. The van der Waals surface area contributed by atoms with Gasteiger partial charge in [0, 0.05) is 16.7 Å². The molecular formula is C57H39N3. The summed E-state index contributed by atoms with van der Waals surface area (Å²) in [5, 5.41) is 0. The minimum atomic E-state index is 0.614. The quantitative estimate of drug-likeness (QED) is 0.147. The van der Waals surface area contributed by atoms with E-state index >= 15 is 0 Å². The van der Waals surface area contributed by atoms with Crippen LogP contribution in [0.1, 0.15) is 0 Å². The average molecular weight is 766 g/mol. The monoisotopic (exact) mass is 765 g/mol. The molecule has 0 atom stereocenters. The van der Waals surface area contributed by atoms with E-state index in [1.54, 1.807) is 0 Å². The van der Waals surface area contributed by atoms with Crippen LogP contribution in [-0.4, -0.2) is 15.0 Å². The Balaban J connectivity index is 1.06. The number of aromatic nitrogens is 3. The van der Waals surface area contributed by atoms with E-state index in [1.807, 2.05) is 12.1 Å². The van der Waals surface area contributed by atoms with Gasteiger partial charge in [0.15, 0.2) is 17.5 Å². The number of rotatable bonds is 9. The van der Waals surface area contributed by atoms with Crippen molar-refractivity contribution in [2.45, 2.75) is 0 Å². The summed E-state index contributed by atoms with van der Waals surface area (Å²) in [7, 11) is 0. The van der Waals surface area contributed by atoms with Crippen molar-refractivity contribution >= 4 is 0 Å². The summed E-state index contributed by atoms with van der Waals surface area (Å²) < 4.78 is 0. The fourth-order valence-electron chi connectivity index (χ4n) is 7.71. The van der Waals surface area contributed by atoms with E-state index in [1.165, 1.54) is 33.4 Å². The second kappa shape index (κ2) is 16.5. The summed E-state index contributed by atoms with van der Waals surface area (Å²) in [4.78, 5) is 15.5. The lowest BCUT2D eigenvalue weighted by molar-refractivity contribution is 1.07. The summed E-state index contributed by atoms with van der Waals surface area (Å²) in [6.45, 7) is 0. The highest BCUT2D eigenvalue weighted by molar-refractivity contribution is 5.82. The van der Waals surface area contributed by atoms with Crippen molar-refractivity contribution < 1.29 is 0 Å². The Morgan fingerprint density at radius 1 is 0.150 bits per heavy atom. The average Bonchev–Trinajstić information content (AvgIpc) is 3.35. The molecular weight excluding hydrogens is 727 g/mol. The fraction of sp³-hybridized carbons (Fsp3) is 0. The molecule has 1 heterocycles. The first-order chi connectivity index (χ1) is 29.7. The van der Waals surface area contributed by atoms with Gasteiger partial charge in [-0.15, -0.1) is 0 Å². The second-order valence-corrected chi connectivity index (χ2v) is 14.9. The maximum absolute atomic E-state index is 5.20. The summed E-state index contributed by atoms with van der Waals surface area (Å²) in [5.41, 5.74) is 16.6. The van der Waals surface area contributed by atoms with E-state index in [-0.39, 0.29) is 0 Å². The van der Waals surface area contributed by atoms with Crippen LogP contribution in [0.5, 0.6) is 0 Å². The van der Waals surface area contributed by atoms with Gasteiger partial charge in [0.25, 0.3) is 0 Å². The summed E-state index contributed by atoms with van der Waals surface area (Å²) in [6, 6.07) is 83.1. The zero-order valence-electron chi connectivity index (χ0n) is 32.9. The van der Waals surface area contributed by atoms with Gasteiger partial charge in [0.2, 0.25) is 0 Å². The zero-order valence-corrected chi connectivity index (χ0v) is 32.9. The number of benzene rings is 9. The Bertz CT molecular complexity index is 2900. The van der Waals surface area contributed by atoms with E-state index in [0.717, 1.165) is 50.1 Å². The van der Waals surface area contributed by atoms with Crippen LogP contribution in [0.4, 0.5) is 0 Å². The Morgan fingerprint density at radius 2 is 0.333 bits per heavy atom. The SMILES string of the molecule is c1ccc(-c2ccc(-c3ccc(-c4cc(-c5ccccc5)cc(-c5nc(-c6ccc(-c7ccccc7)cc6)nc(-c6ccc(-c7ccccc7)cc6)n5)c4)cc3)cc2)cc1. The Morgan fingerprint density at radius 3 is 0.617 bits per heavy atom. The van der Waals surface area contributed by atoms with Crippen molar-refractivity contribution in [2.24, 2.45) is 0 Å².